The highest BCUT2D eigenvalue weighted by Gasteiger charge is 2.28. The molecular formula is C19H11ClN2O5. The third kappa shape index (κ3) is 3.16. The SMILES string of the molecule is O=C1Nc2ccccc2Oc2cc([N+](=O)[O-])cc(Oc3ccccc3Cl)c21. The van der Waals surface area contributed by atoms with Crippen LogP contribution in [0.1, 0.15) is 10.4 Å². The zero-order chi connectivity index (χ0) is 19.0. The number of benzene rings is 3. The molecule has 0 unspecified atom stereocenters. The van der Waals surface area contributed by atoms with Crippen molar-refractivity contribution in [3.8, 4) is 23.0 Å². The molecule has 3 aromatic rings. The number of nitrogens with one attached hydrogen (secondary N) is 1. The second-order valence-electron chi connectivity index (χ2n) is 5.66. The summed E-state index contributed by atoms with van der Waals surface area (Å²) in [6.45, 7) is 0. The Balaban J connectivity index is 1.89. The van der Waals surface area contributed by atoms with E-state index >= 15 is 0 Å². The number of ether oxygens (including phenoxy) is 2. The highest BCUT2D eigenvalue weighted by atomic mass is 35.5. The minimum atomic E-state index is -0.586. The van der Waals surface area contributed by atoms with Gasteiger partial charge in [0, 0.05) is 0 Å². The Kier molecular flexibility index (Phi) is 4.13. The molecule has 1 heterocycles. The molecule has 0 spiro atoms. The van der Waals surface area contributed by atoms with Crippen LogP contribution in [0.3, 0.4) is 0 Å². The average Bonchev–Trinajstić information content (AvgIpc) is 2.79. The number of nitrogens with zero attached hydrogens (tertiary/aromatic N) is 1. The molecule has 1 N–H and O–H groups in total. The molecule has 1 aliphatic heterocycles. The summed E-state index contributed by atoms with van der Waals surface area (Å²) < 4.78 is 11.5. The van der Waals surface area contributed by atoms with Gasteiger partial charge in [0.2, 0.25) is 0 Å². The van der Waals surface area contributed by atoms with Crippen LogP contribution in [-0.4, -0.2) is 10.8 Å². The third-order valence-corrected chi connectivity index (χ3v) is 4.21. The number of para-hydroxylation sites is 3. The van der Waals surface area contributed by atoms with Crippen molar-refractivity contribution < 1.29 is 19.2 Å². The van der Waals surface area contributed by atoms with Crippen LogP contribution in [-0.2, 0) is 0 Å². The smallest absolute Gasteiger partial charge is 0.276 e. The maximum absolute atomic E-state index is 12.8. The number of carbonyl (C=O) groups excluding carboxylic acids is 1. The summed E-state index contributed by atoms with van der Waals surface area (Å²) in [6, 6.07) is 15.8. The predicted octanol–water partition coefficient (Wildman–Crippen LogP) is 5.40. The summed E-state index contributed by atoms with van der Waals surface area (Å²) in [5.41, 5.74) is 0.213. The average molecular weight is 383 g/mol. The van der Waals surface area contributed by atoms with Crippen molar-refractivity contribution in [2.45, 2.75) is 0 Å². The van der Waals surface area contributed by atoms with Gasteiger partial charge in [-0.1, -0.05) is 35.9 Å². The van der Waals surface area contributed by atoms with Gasteiger partial charge < -0.3 is 14.8 Å². The molecule has 27 heavy (non-hydrogen) atoms. The fourth-order valence-corrected chi connectivity index (χ4v) is 2.85. The van der Waals surface area contributed by atoms with Crippen molar-refractivity contribution in [3.05, 3.63) is 81.4 Å². The van der Waals surface area contributed by atoms with Gasteiger partial charge in [-0.15, -0.1) is 0 Å². The number of amides is 1. The Morgan fingerprint density at radius 3 is 2.52 bits per heavy atom. The van der Waals surface area contributed by atoms with E-state index in [1.165, 1.54) is 12.1 Å². The van der Waals surface area contributed by atoms with Gasteiger partial charge in [-0.3, -0.25) is 14.9 Å². The van der Waals surface area contributed by atoms with Gasteiger partial charge in [0.1, 0.15) is 11.3 Å². The molecule has 3 aromatic carbocycles. The number of anilines is 1. The maximum atomic E-state index is 12.8. The van der Waals surface area contributed by atoms with E-state index in [0.29, 0.717) is 16.5 Å². The monoisotopic (exact) mass is 382 g/mol. The van der Waals surface area contributed by atoms with Crippen LogP contribution < -0.4 is 14.8 Å². The number of rotatable bonds is 3. The quantitative estimate of drug-likeness (QED) is 0.483. The van der Waals surface area contributed by atoms with Crippen molar-refractivity contribution in [1.29, 1.82) is 0 Å². The summed E-state index contributed by atoms with van der Waals surface area (Å²) in [7, 11) is 0. The van der Waals surface area contributed by atoms with Crippen LogP contribution in [0.15, 0.2) is 60.7 Å². The molecule has 0 aromatic heterocycles. The molecule has 0 aliphatic carbocycles. The summed E-state index contributed by atoms with van der Waals surface area (Å²) in [4.78, 5) is 23.5. The van der Waals surface area contributed by atoms with Crippen LogP contribution in [0.2, 0.25) is 5.02 Å². The zero-order valence-electron chi connectivity index (χ0n) is 13.6. The van der Waals surface area contributed by atoms with Gasteiger partial charge in [-0.05, 0) is 24.3 Å². The number of nitro groups is 1. The number of nitro benzene ring substituents is 1. The molecule has 134 valence electrons. The molecule has 0 fully saturated rings. The van der Waals surface area contributed by atoms with Crippen molar-refractivity contribution in [1.82, 2.24) is 0 Å². The van der Waals surface area contributed by atoms with Gasteiger partial charge >= 0.3 is 0 Å². The molecule has 8 heteroatoms. The van der Waals surface area contributed by atoms with Gasteiger partial charge in [-0.25, -0.2) is 0 Å². The molecule has 1 aliphatic rings. The molecule has 0 atom stereocenters. The molecule has 0 bridgehead atoms. The van der Waals surface area contributed by atoms with E-state index in [4.69, 9.17) is 21.1 Å². The van der Waals surface area contributed by atoms with E-state index in [2.05, 4.69) is 5.32 Å². The number of halogens is 1. The van der Waals surface area contributed by atoms with E-state index in [1.54, 1.807) is 48.5 Å². The fourth-order valence-electron chi connectivity index (χ4n) is 2.67. The van der Waals surface area contributed by atoms with Crippen LogP contribution in [0, 0.1) is 10.1 Å². The van der Waals surface area contributed by atoms with Crippen molar-refractivity contribution in [3.63, 3.8) is 0 Å². The lowest BCUT2D eigenvalue weighted by atomic mass is 10.1. The first kappa shape index (κ1) is 16.9. The highest BCUT2D eigenvalue weighted by Crippen LogP contribution is 2.43. The van der Waals surface area contributed by atoms with E-state index < -0.39 is 10.8 Å². The first-order valence-electron chi connectivity index (χ1n) is 7.86. The van der Waals surface area contributed by atoms with E-state index in [9.17, 15) is 14.9 Å². The van der Waals surface area contributed by atoms with Gasteiger partial charge in [-0.2, -0.15) is 0 Å². The minimum Gasteiger partial charge on any atom is -0.455 e. The van der Waals surface area contributed by atoms with Crippen LogP contribution in [0.5, 0.6) is 23.0 Å². The van der Waals surface area contributed by atoms with Crippen molar-refractivity contribution >= 4 is 28.9 Å². The molecule has 4 rings (SSSR count). The highest BCUT2D eigenvalue weighted by molar-refractivity contribution is 6.32. The predicted molar refractivity (Wildman–Crippen MR) is 99.1 cm³/mol. The number of carbonyl (C=O) groups is 1. The Morgan fingerprint density at radius 1 is 1.00 bits per heavy atom. The summed E-state index contributed by atoms with van der Waals surface area (Å²) in [6.07, 6.45) is 0. The van der Waals surface area contributed by atoms with Crippen molar-refractivity contribution in [2.75, 3.05) is 5.32 Å². The largest absolute Gasteiger partial charge is 0.455 e. The third-order valence-electron chi connectivity index (χ3n) is 3.90. The Hall–Kier alpha value is -3.58. The molecular weight excluding hydrogens is 372 g/mol. The second-order valence-corrected chi connectivity index (χ2v) is 6.07. The van der Waals surface area contributed by atoms with E-state index in [1.807, 2.05) is 0 Å². The number of hydrogen-bond donors (Lipinski definition) is 1. The standard InChI is InChI=1S/C19H11ClN2O5/c20-12-5-1-3-7-14(12)26-16-9-11(22(24)25)10-17-18(16)19(23)21-13-6-2-4-8-15(13)27-17/h1-10H,(H,21,23). The lowest BCUT2D eigenvalue weighted by Crippen LogP contribution is -2.12. The number of hydrogen-bond acceptors (Lipinski definition) is 5. The van der Waals surface area contributed by atoms with Crippen LogP contribution >= 0.6 is 11.6 Å². The fraction of sp³-hybridized carbons (Fsp3) is 0. The summed E-state index contributed by atoms with van der Waals surface area (Å²) >= 11 is 6.11. The topological polar surface area (TPSA) is 90.7 Å². The summed E-state index contributed by atoms with van der Waals surface area (Å²) in [5.74, 6) is 0.114. The number of non-ortho nitro benzene ring substituents is 1. The first-order valence-corrected chi connectivity index (χ1v) is 8.24. The molecule has 7 nitrogen and oxygen atoms in total. The Labute approximate surface area is 158 Å². The maximum Gasteiger partial charge on any atom is 0.276 e. The van der Waals surface area contributed by atoms with Gasteiger partial charge in [0.05, 0.1) is 27.8 Å². The van der Waals surface area contributed by atoms with Crippen LogP contribution in [0.4, 0.5) is 11.4 Å². The lowest BCUT2D eigenvalue weighted by molar-refractivity contribution is -0.385. The second kappa shape index (κ2) is 6.62. The molecule has 0 radical (unpaired) electrons. The van der Waals surface area contributed by atoms with Gasteiger partial charge in [0.15, 0.2) is 17.2 Å². The molecule has 1 amide bonds. The first-order chi connectivity index (χ1) is 13.0. The molecule has 0 saturated carbocycles. The Bertz CT molecular complexity index is 1080. The van der Waals surface area contributed by atoms with Gasteiger partial charge in [0.25, 0.3) is 11.6 Å². The normalized spacial score (nSPS) is 12.1. The Morgan fingerprint density at radius 2 is 1.74 bits per heavy atom. The van der Waals surface area contributed by atoms with E-state index in [-0.39, 0.29) is 28.5 Å². The molecule has 0 saturated heterocycles. The minimum absolute atomic E-state index is 0.0219. The van der Waals surface area contributed by atoms with Crippen molar-refractivity contribution in [2.24, 2.45) is 0 Å². The summed E-state index contributed by atoms with van der Waals surface area (Å²) in [5, 5.41) is 14.4. The number of fused-ring (bicyclic) bond motifs is 2. The van der Waals surface area contributed by atoms with E-state index in [0.717, 1.165) is 0 Å². The zero-order valence-corrected chi connectivity index (χ0v) is 14.4. The lowest BCUT2D eigenvalue weighted by Gasteiger charge is -2.13. The van der Waals surface area contributed by atoms with Crippen LogP contribution in [0.25, 0.3) is 0 Å².